The number of carbonyl (C=O) groups excluding carboxylic acids is 2. The lowest BCUT2D eigenvalue weighted by Crippen LogP contribution is -2.34. The molecular weight excluding hydrogens is 260 g/mol. The van der Waals surface area contributed by atoms with Crippen molar-refractivity contribution in [3.8, 4) is 0 Å². The first-order chi connectivity index (χ1) is 9.65. The highest BCUT2D eigenvalue weighted by Gasteiger charge is 2.13. The summed E-state index contributed by atoms with van der Waals surface area (Å²) in [6.45, 7) is 8.37. The minimum Gasteiger partial charge on any atom is -0.450 e. The van der Waals surface area contributed by atoms with Gasteiger partial charge in [0.1, 0.15) is 0 Å². The predicted molar refractivity (Wildman–Crippen MR) is 77.8 cm³/mol. The normalized spacial score (nSPS) is 9.95. The van der Waals surface area contributed by atoms with Crippen LogP contribution >= 0.6 is 0 Å². The van der Waals surface area contributed by atoms with Gasteiger partial charge in [0.2, 0.25) is 0 Å². The highest BCUT2D eigenvalue weighted by Crippen LogP contribution is 2.02. The summed E-state index contributed by atoms with van der Waals surface area (Å²) < 4.78 is 9.78. The molecule has 0 fully saturated rings. The van der Waals surface area contributed by atoms with Crippen LogP contribution in [0.1, 0.15) is 46.5 Å². The number of alkyl carbamates (subject to hydrolysis) is 1. The average molecular weight is 288 g/mol. The molecule has 0 atom stereocenters. The van der Waals surface area contributed by atoms with Crippen molar-refractivity contribution in [3.05, 3.63) is 0 Å². The number of rotatable bonds is 10. The van der Waals surface area contributed by atoms with Gasteiger partial charge < -0.3 is 19.7 Å². The second-order valence-corrected chi connectivity index (χ2v) is 4.39. The third-order valence-electron chi connectivity index (χ3n) is 2.71. The van der Waals surface area contributed by atoms with E-state index in [-0.39, 0.29) is 12.2 Å². The van der Waals surface area contributed by atoms with Gasteiger partial charge in [-0.05, 0) is 33.1 Å². The molecule has 0 unspecified atom stereocenters. The van der Waals surface area contributed by atoms with Crippen LogP contribution in [-0.4, -0.2) is 49.9 Å². The minimum atomic E-state index is -0.388. The molecule has 6 nitrogen and oxygen atoms in total. The Morgan fingerprint density at radius 3 is 2.20 bits per heavy atom. The molecule has 0 aromatic carbocycles. The second-order valence-electron chi connectivity index (χ2n) is 4.39. The van der Waals surface area contributed by atoms with E-state index < -0.39 is 0 Å². The van der Waals surface area contributed by atoms with Crippen molar-refractivity contribution < 1.29 is 19.1 Å². The Bertz CT molecular complexity index is 272. The van der Waals surface area contributed by atoms with Crippen LogP contribution in [0.3, 0.4) is 0 Å². The molecule has 2 amide bonds. The molecule has 0 rings (SSSR count). The molecule has 0 radical (unpaired) electrons. The summed E-state index contributed by atoms with van der Waals surface area (Å²) in [5.74, 6) is 0. The zero-order valence-electron chi connectivity index (χ0n) is 12.9. The standard InChI is InChI=1S/C14H28N2O4/c1-4-7-11-16(14(18)20-6-3)12-9-8-10-15-13(17)19-5-2/h4-12H2,1-3H3,(H,15,17). The fourth-order valence-electron chi connectivity index (χ4n) is 1.66. The predicted octanol–water partition coefficient (Wildman–Crippen LogP) is 2.77. The number of nitrogens with zero attached hydrogens (tertiary/aromatic N) is 1. The van der Waals surface area contributed by atoms with Gasteiger partial charge in [-0.15, -0.1) is 0 Å². The molecular formula is C14H28N2O4. The highest BCUT2D eigenvalue weighted by atomic mass is 16.6. The lowest BCUT2D eigenvalue weighted by Gasteiger charge is -2.21. The summed E-state index contributed by atoms with van der Waals surface area (Å²) in [6, 6.07) is 0. The quantitative estimate of drug-likeness (QED) is 0.628. The van der Waals surface area contributed by atoms with Gasteiger partial charge in [-0.3, -0.25) is 0 Å². The third-order valence-corrected chi connectivity index (χ3v) is 2.71. The smallest absolute Gasteiger partial charge is 0.409 e. The molecule has 0 aliphatic heterocycles. The Labute approximate surface area is 121 Å². The SMILES string of the molecule is CCCCN(CCCCNC(=O)OCC)C(=O)OCC. The average Bonchev–Trinajstić information content (AvgIpc) is 2.42. The molecule has 1 N–H and O–H groups in total. The molecule has 20 heavy (non-hydrogen) atoms. The molecule has 0 aromatic heterocycles. The first-order valence-electron chi connectivity index (χ1n) is 7.47. The summed E-state index contributed by atoms with van der Waals surface area (Å²) in [5, 5.41) is 2.66. The Morgan fingerprint density at radius 2 is 1.60 bits per heavy atom. The van der Waals surface area contributed by atoms with E-state index in [1.807, 2.05) is 0 Å². The van der Waals surface area contributed by atoms with E-state index >= 15 is 0 Å². The number of nitrogens with one attached hydrogen (secondary N) is 1. The Kier molecular flexibility index (Phi) is 11.7. The van der Waals surface area contributed by atoms with Crippen molar-refractivity contribution in [3.63, 3.8) is 0 Å². The summed E-state index contributed by atoms with van der Waals surface area (Å²) in [7, 11) is 0. The van der Waals surface area contributed by atoms with Crippen molar-refractivity contribution in [2.45, 2.75) is 46.5 Å². The Morgan fingerprint density at radius 1 is 0.950 bits per heavy atom. The molecule has 0 bridgehead atoms. The van der Waals surface area contributed by atoms with Crippen LogP contribution < -0.4 is 5.32 Å². The second kappa shape index (κ2) is 12.6. The maximum Gasteiger partial charge on any atom is 0.409 e. The number of hydrogen-bond acceptors (Lipinski definition) is 4. The molecule has 0 spiro atoms. The number of amides is 2. The first kappa shape index (κ1) is 18.5. The van der Waals surface area contributed by atoms with Crippen LogP contribution in [0.4, 0.5) is 9.59 Å². The van der Waals surface area contributed by atoms with Gasteiger partial charge in [-0.25, -0.2) is 9.59 Å². The van der Waals surface area contributed by atoms with Gasteiger partial charge in [-0.2, -0.15) is 0 Å². The van der Waals surface area contributed by atoms with Crippen LogP contribution in [0.5, 0.6) is 0 Å². The number of hydrogen-bond donors (Lipinski definition) is 1. The van der Waals surface area contributed by atoms with Crippen LogP contribution in [0, 0.1) is 0 Å². The maximum absolute atomic E-state index is 11.7. The Balaban J connectivity index is 3.83. The zero-order valence-corrected chi connectivity index (χ0v) is 12.9. The van der Waals surface area contributed by atoms with Crippen LogP contribution in [0.25, 0.3) is 0 Å². The zero-order chi connectivity index (χ0) is 15.2. The monoisotopic (exact) mass is 288 g/mol. The van der Waals surface area contributed by atoms with E-state index in [1.165, 1.54) is 0 Å². The van der Waals surface area contributed by atoms with Gasteiger partial charge in [0.25, 0.3) is 0 Å². The Hall–Kier alpha value is -1.46. The van der Waals surface area contributed by atoms with E-state index in [2.05, 4.69) is 12.2 Å². The highest BCUT2D eigenvalue weighted by molar-refractivity contribution is 5.67. The molecule has 0 saturated heterocycles. The molecule has 6 heteroatoms. The summed E-state index contributed by atoms with van der Waals surface area (Å²) in [6.07, 6.45) is 3.01. The lowest BCUT2D eigenvalue weighted by molar-refractivity contribution is 0.106. The lowest BCUT2D eigenvalue weighted by atomic mass is 10.2. The number of ether oxygens (including phenoxy) is 2. The molecule has 0 heterocycles. The van der Waals surface area contributed by atoms with Crippen molar-refractivity contribution in [1.82, 2.24) is 10.2 Å². The number of carbonyl (C=O) groups is 2. The van der Waals surface area contributed by atoms with Crippen LogP contribution in [0.15, 0.2) is 0 Å². The van der Waals surface area contributed by atoms with Crippen LogP contribution in [0.2, 0.25) is 0 Å². The summed E-state index contributed by atoms with van der Waals surface area (Å²) in [4.78, 5) is 24.5. The van der Waals surface area contributed by atoms with Crippen molar-refractivity contribution in [2.75, 3.05) is 32.8 Å². The fourth-order valence-corrected chi connectivity index (χ4v) is 1.66. The maximum atomic E-state index is 11.7. The fraction of sp³-hybridized carbons (Fsp3) is 0.857. The summed E-state index contributed by atoms with van der Waals surface area (Å²) >= 11 is 0. The van der Waals surface area contributed by atoms with Crippen molar-refractivity contribution in [2.24, 2.45) is 0 Å². The van der Waals surface area contributed by atoms with Gasteiger partial charge in [0, 0.05) is 19.6 Å². The van der Waals surface area contributed by atoms with E-state index in [9.17, 15) is 9.59 Å². The van der Waals surface area contributed by atoms with Gasteiger partial charge >= 0.3 is 12.2 Å². The molecule has 0 saturated carbocycles. The minimum absolute atomic E-state index is 0.251. The van der Waals surface area contributed by atoms with Gasteiger partial charge in [0.05, 0.1) is 13.2 Å². The molecule has 0 aromatic rings. The molecule has 118 valence electrons. The van der Waals surface area contributed by atoms with E-state index in [0.717, 1.165) is 32.2 Å². The molecule has 0 aliphatic rings. The largest absolute Gasteiger partial charge is 0.450 e. The number of unbranched alkanes of at least 4 members (excludes halogenated alkanes) is 2. The van der Waals surface area contributed by atoms with E-state index in [0.29, 0.717) is 26.3 Å². The molecule has 0 aliphatic carbocycles. The van der Waals surface area contributed by atoms with Gasteiger partial charge in [-0.1, -0.05) is 13.3 Å². The van der Waals surface area contributed by atoms with E-state index in [4.69, 9.17) is 9.47 Å². The first-order valence-corrected chi connectivity index (χ1v) is 7.47. The van der Waals surface area contributed by atoms with Crippen LogP contribution in [-0.2, 0) is 9.47 Å². The third kappa shape index (κ3) is 9.47. The topological polar surface area (TPSA) is 67.9 Å². The van der Waals surface area contributed by atoms with Gasteiger partial charge in [0.15, 0.2) is 0 Å². The summed E-state index contributed by atoms with van der Waals surface area (Å²) in [5.41, 5.74) is 0. The van der Waals surface area contributed by atoms with E-state index in [1.54, 1.807) is 18.7 Å². The van der Waals surface area contributed by atoms with Crippen molar-refractivity contribution in [1.29, 1.82) is 0 Å². The van der Waals surface area contributed by atoms with Crippen molar-refractivity contribution >= 4 is 12.2 Å².